The van der Waals surface area contributed by atoms with E-state index < -0.39 is 5.91 Å². The Bertz CT molecular complexity index is 1050. The van der Waals surface area contributed by atoms with Gasteiger partial charge in [0.15, 0.2) is 10.9 Å². The van der Waals surface area contributed by atoms with Gasteiger partial charge in [-0.3, -0.25) is 14.9 Å². The standard InChI is InChI=1S/C20H16ClN3O4S/c1-27-16-8-7-12(21)10-15(16)18(25)24-20(29)23-14-5-2-4-13(11-14)22-19(26)17-6-3-9-28-17/h2-11H,1H3,(H,22,26)(H2,23,24,25,29). The quantitative estimate of drug-likeness (QED) is 0.523. The zero-order valence-electron chi connectivity index (χ0n) is 15.2. The number of thiocarbonyl (C=S) groups is 1. The summed E-state index contributed by atoms with van der Waals surface area (Å²) in [5.74, 6) is -0.279. The highest BCUT2D eigenvalue weighted by Crippen LogP contribution is 2.22. The zero-order valence-corrected chi connectivity index (χ0v) is 16.8. The molecule has 0 radical (unpaired) electrons. The van der Waals surface area contributed by atoms with Crippen LogP contribution in [0.15, 0.2) is 65.3 Å². The first-order chi connectivity index (χ1) is 14.0. The van der Waals surface area contributed by atoms with Gasteiger partial charge >= 0.3 is 0 Å². The minimum absolute atomic E-state index is 0.0755. The van der Waals surface area contributed by atoms with Crippen molar-refractivity contribution in [2.45, 2.75) is 0 Å². The van der Waals surface area contributed by atoms with Gasteiger partial charge in [-0.05, 0) is 60.7 Å². The third kappa shape index (κ3) is 5.34. The largest absolute Gasteiger partial charge is 0.496 e. The average molecular weight is 430 g/mol. The average Bonchev–Trinajstić information content (AvgIpc) is 3.23. The normalized spacial score (nSPS) is 10.1. The highest BCUT2D eigenvalue weighted by atomic mass is 35.5. The third-order valence-electron chi connectivity index (χ3n) is 3.76. The van der Waals surface area contributed by atoms with Crippen LogP contribution in [0.5, 0.6) is 5.75 Å². The SMILES string of the molecule is COc1ccc(Cl)cc1C(=O)NC(=S)Nc1cccc(NC(=O)c2ccco2)c1. The molecule has 3 rings (SSSR count). The molecule has 0 atom stereocenters. The molecule has 0 unspecified atom stereocenters. The fraction of sp³-hybridized carbons (Fsp3) is 0.0500. The number of nitrogens with one attached hydrogen (secondary N) is 3. The number of carbonyl (C=O) groups is 2. The number of furan rings is 1. The maximum absolute atomic E-state index is 12.5. The van der Waals surface area contributed by atoms with Crippen molar-refractivity contribution in [1.82, 2.24) is 5.32 Å². The first-order valence-electron chi connectivity index (χ1n) is 8.37. The van der Waals surface area contributed by atoms with Gasteiger partial charge in [0.25, 0.3) is 11.8 Å². The van der Waals surface area contributed by atoms with Crippen LogP contribution in [0.2, 0.25) is 5.02 Å². The van der Waals surface area contributed by atoms with E-state index in [1.54, 1.807) is 48.5 Å². The van der Waals surface area contributed by atoms with Gasteiger partial charge in [-0.1, -0.05) is 17.7 Å². The summed E-state index contributed by atoms with van der Waals surface area (Å²) in [6.07, 6.45) is 1.42. The number of methoxy groups -OCH3 is 1. The van der Waals surface area contributed by atoms with E-state index in [-0.39, 0.29) is 22.3 Å². The maximum Gasteiger partial charge on any atom is 0.291 e. The predicted octanol–water partition coefficient (Wildman–Crippen LogP) is 4.32. The van der Waals surface area contributed by atoms with E-state index >= 15 is 0 Å². The van der Waals surface area contributed by atoms with Crippen LogP contribution in [0.3, 0.4) is 0 Å². The van der Waals surface area contributed by atoms with E-state index in [4.69, 9.17) is 33.0 Å². The van der Waals surface area contributed by atoms with Crippen LogP contribution in [0.25, 0.3) is 0 Å². The van der Waals surface area contributed by atoms with Crippen LogP contribution in [0, 0.1) is 0 Å². The summed E-state index contributed by atoms with van der Waals surface area (Å²) in [6.45, 7) is 0. The Balaban J connectivity index is 1.64. The number of carbonyl (C=O) groups excluding carboxylic acids is 2. The smallest absolute Gasteiger partial charge is 0.291 e. The van der Waals surface area contributed by atoms with E-state index in [2.05, 4.69) is 16.0 Å². The van der Waals surface area contributed by atoms with Crippen molar-refractivity contribution >= 4 is 52.1 Å². The lowest BCUT2D eigenvalue weighted by atomic mass is 10.2. The fourth-order valence-electron chi connectivity index (χ4n) is 2.47. The number of rotatable bonds is 5. The molecule has 0 saturated heterocycles. The van der Waals surface area contributed by atoms with Gasteiger partial charge in [0.2, 0.25) is 0 Å². The summed E-state index contributed by atoms with van der Waals surface area (Å²) >= 11 is 11.2. The maximum atomic E-state index is 12.5. The van der Waals surface area contributed by atoms with Crippen molar-refractivity contribution < 1.29 is 18.7 Å². The first kappa shape index (κ1) is 20.4. The monoisotopic (exact) mass is 429 g/mol. The molecule has 0 saturated carbocycles. The van der Waals surface area contributed by atoms with Gasteiger partial charge in [-0.25, -0.2) is 0 Å². The lowest BCUT2D eigenvalue weighted by molar-refractivity contribution is 0.0972. The Labute approximate surface area is 177 Å². The molecule has 0 fully saturated rings. The van der Waals surface area contributed by atoms with Crippen molar-refractivity contribution in [1.29, 1.82) is 0 Å². The number of amides is 2. The van der Waals surface area contributed by atoms with Crippen molar-refractivity contribution in [3.05, 3.63) is 77.2 Å². The Morgan fingerprint density at radius 2 is 1.76 bits per heavy atom. The molecule has 0 bridgehead atoms. The Hall–Kier alpha value is -3.36. The Kier molecular flexibility index (Phi) is 6.48. The lowest BCUT2D eigenvalue weighted by Gasteiger charge is -2.13. The summed E-state index contributed by atoms with van der Waals surface area (Å²) in [6, 6.07) is 14.7. The Morgan fingerprint density at radius 3 is 2.45 bits per heavy atom. The van der Waals surface area contributed by atoms with E-state index in [9.17, 15) is 9.59 Å². The van der Waals surface area contributed by atoms with Crippen LogP contribution >= 0.6 is 23.8 Å². The second-order valence-electron chi connectivity index (χ2n) is 5.77. The predicted molar refractivity (Wildman–Crippen MR) is 115 cm³/mol. The molecule has 1 heterocycles. The molecule has 3 aromatic rings. The van der Waals surface area contributed by atoms with Crippen LogP contribution in [0.1, 0.15) is 20.9 Å². The van der Waals surface area contributed by atoms with Gasteiger partial charge < -0.3 is 19.8 Å². The molecule has 3 N–H and O–H groups in total. The molecular weight excluding hydrogens is 414 g/mol. The number of hydrogen-bond donors (Lipinski definition) is 3. The van der Waals surface area contributed by atoms with Crippen LogP contribution in [-0.4, -0.2) is 24.0 Å². The van der Waals surface area contributed by atoms with E-state index in [1.165, 1.54) is 19.4 Å². The summed E-state index contributed by atoms with van der Waals surface area (Å²) in [5, 5.41) is 8.65. The van der Waals surface area contributed by atoms with Gasteiger partial charge in [0, 0.05) is 16.4 Å². The van der Waals surface area contributed by atoms with Gasteiger partial charge in [-0.2, -0.15) is 0 Å². The summed E-state index contributed by atoms with van der Waals surface area (Å²) < 4.78 is 10.2. The Morgan fingerprint density at radius 1 is 1.00 bits per heavy atom. The van der Waals surface area contributed by atoms with Crippen molar-refractivity contribution in [3.8, 4) is 5.75 Å². The second kappa shape index (κ2) is 9.22. The van der Waals surface area contributed by atoms with E-state index in [0.29, 0.717) is 22.1 Å². The summed E-state index contributed by atoms with van der Waals surface area (Å²) in [7, 11) is 1.46. The first-order valence-corrected chi connectivity index (χ1v) is 9.15. The molecule has 2 aromatic carbocycles. The van der Waals surface area contributed by atoms with Crippen LogP contribution < -0.4 is 20.7 Å². The molecular formula is C20H16ClN3O4S. The summed E-state index contributed by atoms with van der Waals surface area (Å²) in [4.78, 5) is 24.5. The molecule has 148 valence electrons. The molecule has 0 aliphatic carbocycles. The number of benzene rings is 2. The van der Waals surface area contributed by atoms with Crippen molar-refractivity contribution in [2.75, 3.05) is 17.7 Å². The zero-order chi connectivity index (χ0) is 20.8. The topological polar surface area (TPSA) is 92.6 Å². The molecule has 0 aliphatic rings. The highest BCUT2D eigenvalue weighted by Gasteiger charge is 2.15. The van der Waals surface area contributed by atoms with Crippen LogP contribution in [0.4, 0.5) is 11.4 Å². The number of hydrogen-bond acceptors (Lipinski definition) is 5. The lowest BCUT2D eigenvalue weighted by Crippen LogP contribution is -2.34. The molecule has 2 amide bonds. The van der Waals surface area contributed by atoms with Gasteiger partial charge in [0.05, 0.1) is 18.9 Å². The van der Waals surface area contributed by atoms with Gasteiger partial charge in [-0.15, -0.1) is 0 Å². The number of ether oxygens (including phenoxy) is 1. The molecule has 0 aliphatic heterocycles. The third-order valence-corrected chi connectivity index (χ3v) is 4.20. The molecule has 9 heteroatoms. The van der Waals surface area contributed by atoms with Crippen molar-refractivity contribution in [3.63, 3.8) is 0 Å². The fourth-order valence-corrected chi connectivity index (χ4v) is 2.85. The second-order valence-corrected chi connectivity index (χ2v) is 6.61. The van der Waals surface area contributed by atoms with Crippen LogP contribution in [-0.2, 0) is 0 Å². The molecule has 0 spiro atoms. The summed E-state index contributed by atoms with van der Waals surface area (Å²) in [5.41, 5.74) is 1.36. The number of halogens is 1. The molecule has 7 nitrogen and oxygen atoms in total. The minimum Gasteiger partial charge on any atom is -0.496 e. The highest BCUT2D eigenvalue weighted by molar-refractivity contribution is 7.80. The van der Waals surface area contributed by atoms with E-state index in [0.717, 1.165) is 0 Å². The van der Waals surface area contributed by atoms with Gasteiger partial charge in [0.1, 0.15) is 5.75 Å². The van der Waals surface area contributed by atoms with Crippen molar-refractivity contribution in [2.24, 2.45) is 0 Å². The molecule has 1 aromatic heterocycles. The minimum atomic E-state index is -0.468. The number of anilines is 2. The van der Waals surface area contributed by atoms with E-state index in [1.807, 2.05) is 0 Å². The molecule has 29 heavy (non-hydrogen) atoms.